The minimum atomic E-state index is -0.540. The summed E-state index contributed by atoms with van der Waals surface area (Å²) in [5, 5.41) is 12.8. The molecule has 14 heteroatoms. The van der Waals surface area contributed by atoms with Gasteiger partial charge in [0.2, 0.25) is 0 Å². The molecule has 3 aromatic carbocycles. The van der Waals surface area contributed by atoms with E-state index in [1.807, 2.05) is 56.3 Å². The number of H-pyrrole nitrogens is 1. The second-order valence-electron chi connectivity index (χ2n) is 11.2. The van der Waals surface area contributed by atoms with E-state index in [4.69, 9.17) is 11.6 Å². The summed E-state index contributed by atoms with van der Waals surface area (Å²) in [5.74, 6) is 0.119. The summed E-state index contributed by atoms with van der Waals surface area (Å²) in [4.78, 5) is 50.6. The third-order valence-corrected chi connectivity index (χ3v) is 8.66. The molecule has 6 aromatic rings. The van der Waals surface area contributed by atoms with E-state index < -0.39 is 5.82 Å². The zero-order valence-electron chi connectivity index (χ0n) is 27.5. The maximum atomic E-state index is 13.4. The number of benzene rings is 3. The van der Waals surface area contributed by atoms with Crippen molar-refractivity contribution in [1.29, 1.82) is 0 Å². The van der Waals surface area contributed by atoms with Crippen molar-refractivity contribution in [1.82, 2.24) is 39.8 Å². The first-order valence-corrected chi connectivity index (χ1v) is 15.7. The van der Waals surface area contributed by atoms with Crippen molar-refractivity contribution in [3.05, 3.63) is 124 Å². The van der Waals surface area contributed by atoms with Crippen molar-refractivity contribution in [3.63, 3.8) is 0 Å². The molecule has 252 valence electrons. The number of aromatic nitrogens is 5. The van der Waals surface area contributed by atoms with Crippen LogP contribution in [0.25, 0.3) is 27.4 Å². The second-order valence-corrected chi connectivity index (χ2v) is 11.6. The van der Waals surface area contributed by atoms with Crippen molar-refractivity contribution < 1.29 is 14.0 Å². The Bertz CT molecular complexity index is 2170. The molecule has 0 aliphatic carbocycles. The van der Waals surface area contributed by atoms with E-state index in [0.717, 1.165) is 27.3 Å². The number of fused-ring (bicyclic) bond motifs is 2. The van der Waals surface area contributed by atoms with Crippen LogP contribution in [-0.4, -0.2) is 67.7 Å². The predicted octanol–water partition coefficient (Wildman–Crippen LogP) is 6.69. The standard InChI is InChI=1S/C21H18ClFN6O.C14H17N3O2/c1-13(28(2)21(30)27-14-7-8-19(23)18(22)9-14)17-10-25-20(29-12-24-11-26-29)16-6-4-3-5-15(16)17;1-9(17(3)14(19)15-2)12-8-16-13(18)11-7-5-4-6-10(11)12/h3-13H,1-2H3,(H,27,30);4-9H,1-3H3,(H,15,19)(H,16,18). The number of carbonyl (C=O) groups excluding carboxylic acids is 2. The molecule has 2 atom stereocenters. The Morgan fingerprint density at radius 3 is 2.14 bits per heavy atom. The summed E-state index contributed by atoms with van der Waals surface area (Å²) in [5.41, 5.74) is 2.09. The van der Waals surface area contributed by atoms with Gasteiger partial charge < -0.3 is 25.4 Å². The van der Waals surface area contributed by atoms with Crippen LogP contribution in [0.1, 0.15) is 37.1 Å². The zero-order valence-corrected chi connectivity index (χ0v) is 28.2. The van der Waals surface area contributed by atoms with Crippen molar-refractivity contribution >= 4 is 50.9 Å². The van der Waals surface area contributed by atoms with E-state index in [1.165, 1.54) is 24.5 Å². The highest BCUT2D eigenvalue weighted by Crippen LogP contribution is 2.30. The lowest BCUT2D eigenvalue weighted by atomic mass is 10.0. The topological polar surface area (TPSA) is 141 Å². The summed E-state index contributed by atoms with van der Waals surface area (Å²) in [6.45, 7) is 3.84. The molecule has 6 rings (SSSR count). The van der Waals surface area contributed by atoms with Gasteiger partial charge in [-0.2, -0.15) is 5.10 Å². The van der Waals surface area contributed by atoms with Crippen molar-refractivity contribution in [2.24, 2.45) is 0 Å². The zero-order chi connectivity index (χ0) is 35.2. The first-order chi connectivity index (χ1) is 23.5. The molecular weight excluding hydrogens is 649 g/mol. The van der Waals surface area contributed by atoms with Crippen LogP contribution in [0.4, 0.5) is 19.7 Å². The van der Waals surface area contributed by atoms with E-state index in [9.17, 15) is 18.8 Å². The first kappa shape index (κ1) is 34.5. The lowest BCUT2D eigenvalue weighted by molar-refractivity contribution is 0.197. The Kier molecular flexibility index (Phi) is 10.5. The third-order valence-electron chi connectivity index (χ3n) is 8.37. The Hall–Kier alpha value is -5.82. The third kappa shape index (κ3) is 7.36. The van der Waals surface area contributed by atoms with Crippen LogP contribution in [0.3, 0.4) is 0 Å². The number of carbonyl (C=O) groups is 2. The summed E-state index contributed by atoms with van der Waals surface area (Å²) in [6, 6.07) is 18.3. The number of hydrogen-bond acceptors (Lipinski definition) is 6. The molecule has 0 saturated carbocycles. The number of nitrogens with one attached hydrogen (secondary N) is 3. The SMILES string of the molecule is CC(c1cnc(-n2cncn2)c2ccccc12)N(C)C(=O)Nc1ccc(F)c(Cl)c1.CNC(=O)N(C)C(C)c1c[nH]c(=O)c2ccccc12. The number of amides is 4. The number of urea groups is 2. The quantitative estimate of drug-likeness (QED) is 0.179. The van der Waals surface area contributed by atoms with E-state index in [2.05, 4.69) is 30.7 Å². The fourth-order valence-electron chi connectivity index (χ4n) is 5.34. The van der Waals surface area contributed by atoms with Crippen LogP contribution >= 0.6 is 11.6 Å². The average molecular weight is 684 g/mol. The number of anilines is 1. The fraction of sp³-hybridized carbons (Fsp3) is 0.200. The molecule has 3 N–H and O–H groups in total. The molecule has 0 fully saturated rings. The van der Waals surface area contributed by atoms with Crippen molar-refractivity contribution in [3.8, 4) is 5.82 Å². The minimum Gasteiger partial charge on any atom is -0.341 e. The number of halogens is 2. The van der Waals surface area contributed by atoms with Gasteiger partial charge in [0.25, 0.3) is 5.56 Å². The molecule has 49 heavy (non-hydrogen) atoms. The number of pyridine rings is 2. The van der Waals surface area contributed by atoms with Gasteiger partial charge in [-0.3, -0.25) is 4.79 Å². The Morgan fingerprint density at radius 2 is 1.51 bits per heavy atom. The van der Waals surface area contributed by atoms with Crippen LogP contribution in [0.2, 0.25) is 5.02 Å². The Balaban J connectivity index is 0.000000212. The summed E-state index contributed by atoms with van der Waals surface area (Å²) in [6.07, 6.45) is 6.45. The Morgan fingerprint density at radius 1 is 0.898 bits per heavy atom. The van der Waals surface area contributed by atoms with Crippen LogP contribution in [0.5, 0.6) is 0 Å². The van der Waals surface area contributed by atoms with Gasteiger partial charge in [0, 0.05) is 55.6 Å². The van der Waals surface area contributed by atoms with Crippen LogP contribution < -0.4 is 16.2 Å². The van der Waals surface area contributed by atoms with Crippen molar-refractivity contribution in [2.45, 2.75) is 25.9 Å². The van der Waals surface area contributed by atoms with Crippen LogP contribution in [0.15, 0.2) is 96.6 Å². The molecule has 12 nitrogen and oxygen atoms in total. The summed E-state index contributed by atoms with van der Waals surface area (Å²) in [7, 11) is 5.01. The van der Waals surface area contributed by atoms with E-state index >= 15 is 0 Å². The highest BCUT2D eigenvalue weighted by molar-refractivity contribution is 6.31. The van der Waals surface area contributed by atoms with Gasteiger partial charge in [0.1, 0.15) is 18.5 Å². The van der Waals surface area contributed by atoms with Gasteiger partial charge in [0.15, 0.2) is 5.82 Å². The molecule has 0 radical (unpaired) electrons. The molecule has 0 aliphatic heterocycles. The van der Waals surface area contributed by atoms with E-state index in [0.29, 0.717) is 16.9 Å². The maximum Gasteiger partial charge on any atom is 0.322 e. The molecule has 3 aromatic heterocycles. The van der Waals surface area contributed by atoms with Gasteiger partial charge in [-0.05, 0) is 54.4 Å². The second kappa shape index (κ2) is 14.9. The van der Waals surface area contributed by atoms with Crippen LogP contribution in [-0.2, 0) is 0 Å². The molecule has 4 amide bonds. The predicted molar refractivity (Wildman–Crippen MR) is 188 cm³/mol. The summed E-state index contributed by atoms with van der Waals surface area (Å²) >= 11 is 5.80. The van der Waals surface area contributed by atoms with Gasteiger partial charge in [0.05, 0.1) is 17.1 Å². The van der Waals surface area contributed by atoms with Crippen molar-refractivity contribution in [2.75, 3.05) is 26.5 Å². The molecule has 0 aliphatic rings. The lowest BCUT2D eigenvalue weighted by Gasteiger charge is -2.26. The molecule has 2 unspecified atom stereocenters. The number of aromatic amines is 1. The van der Waals surface area contributed by atoms with Gasteiger partial charge in [-0.25, -0.2) is 28.6 Å². The van der Waals surface area contributed by atoms with Gasteiger partial charge in [-0.1, -0.05) is 54.1 Å². The lowest BCUT2D eigenvalue weighted by Crippen LogP contribution is -2.36. The Labute approximate surface area is 286 Å². The first-order valence-electron chi connectivity index (χ1n) is 15.3. The smallest absolute Gasteiger partial charge is 0.322 e. The minimum absolute atomic E-state index is 0.0533. The van der Waals surface area contributed by atoms with Crippen LogP contribution in [0, 0.1) is 5.82 Å². The monoisotopic (exact) mass is 683 g/mol. The molecule has 0 saturated heterocycles. The molecule has 0 bridgehead atoms. The summed E-state index contributed by atoms with van der Waals surface area (Å²) < 4.78 is 15.0. The van der Waals surface area contributed by atoms with E-state index in [1.54, 1.807) is 60.4 Å². The number of nitrogens with zero attached hydrogens (tertiary/aromatic N) is 6. The maximum absolute atomic E-state index is 13.4. The van der Waals surface area contributed by atoms with Gasteiger partial charge >= 0.3 is 12.1 Å². The van der Waals surface area contributed by atoms with Gasteiger partial charge in [-0.15, -0.1) is 0 Å². The highest BCUT2D eigenvalue weighted by atomic mass is 35.5. The molecular formula is C35H35ClFN9O3. The fourth-order valence-corrected chi connectivity index (χ4v) is 5.52. The molecule has 3 heterocycles. The highest BCUT2D eigenvalue weighted by Gasteiger charge is 2.22. The number of rotatable bonds is 6. The normalized spacial score (nSPS) is 12.1. The largest absolute Gasteiger partial charge is 0.341 e. The van der Waals surface area contributed by atoms with E-state index in [-0.39, 0.29) is 34.7 Å². The number of hydrogen-bond donors (Lipinski definition) is 3. The molecule has 0 spiro atoms. The average Bonchev–Trinajstić information content (AvgIpc) is 3.67.